The van der Waals surface area contributed by atoms with E-state index in [2.05, 4.69) is 5.32 Å². The van der Waals surface area contributed by atoms with Crippen LogP contribution in [0.25, 0.3) is 0 Å². The molecule has 0 bridgehead atoms. The van der Waals surface area contributed by atoms with Crippen LogP contribution in [0.2, 0.25) is 5.02 Å². The van der Waals surface area contributed by atoms with E-state index in [1.807, 2.05) is 24.3 Å². The molecule has 9 heteroatoms. The first-order valence-electron chi connectivity index (χ1n) is 10.9. The van der Waals surface area contributed by atoms with Crippen molar-refractivity contribution in [2.45, 2.75) is 11.4 Å². The molecule has 0 aliphatic heterocycles. The quantitative estimate of drug-likeness (QED) is 0.287. The third kappa shape index (κ3) is 6.48. The Morgan fingerprint density at radius 3 is 2.19 bits per heavy atom. The number of hydrogen-bond acceptors (Lipinski definition) is 4. The third-order valence-corrected chi connectivity index (χ3v) is 7.20. The highest BCUT2D eigenvalue weighted by atomic mass is 35.5. The first-order valence-corrected chi connectivity index (χ1v) is 12.7. The highest BCUT2D eigenvalue weighted by Gasteiger charge is 2.27. The van der Waals surface area contributed by atoms with Gasteiger partial charge < -0.3 is 10.1 Å². The van der Waals surface area contributed by atoms with Gasteiger partial charge in [0.05, 0.1) is 17.1 Å². The fourth-order valence-corrected chi connectivity index (χ4v) is 4.98. The second-order valence-electron chi connectivity index (χ2n) is 7.82. The van der Waals surface area contributed by atoms with Crippen LogP contribution in [0.5, 0.6) is 11.5 Å². The Hall–Kier alpha value is -3.72. The summed E-state index contributed by atoms with van der Waals surface area (Å²) in [4.78, 5) is 13.0. The number of nitrogens with zero attached hydrogens (tertiary/aromatic N) is 1. The standard InChI is InChI=1S/C27H22ClFN2O4S/c28-21-11-16-26(35-23-9-5-2-6-10-23)25(17-21)30-27(32)19-31(18-20-7-3-1-4-8-20)36(33,34)24-14-12-22(29)13-15-24/h1-17H,18-19H2,(H,30,32). The van der Waals surface area contributed by atoms with E-state index in [0.717, 1.165) is 16.4 Å². The second-order valence-corrected chi connectivity index (χ2v) is 10.2. The average molecular weight is 525 g/mol. The first-order chi connectivity index (χ1) is 17.3. The number of para-hydroxylation sites is 1. The molecule has 0 spiro atoms. The van der Waals surface area contributed by atoms with Crippen molar-refractivity contribution in [1.29, 1.82) is 0 Å². The van der Waals surface area contributed by atoms with Crippen molar-refractivity contribution in [3.05, 3.63) is 120 Å². The van der Waals surface area contributed by atoms with Crippen molar-refractivity contribution in [3.63, 3.8) is 0 Å². The van der Waals surface area contributed by atoms with Crippen molar-refractivity contribution < 1.29 is 22.3 Å². The first kappa shape index (κ1) is 25.4. The van der Waals surface area contributed by atoms with Gasteiger partial charge in [-0.05, 0) is 60.2 Å². The summed E-state index contributed by atoms with van der Waals surface area (Å²) in [5.41, 5.74) is 0.974. The van der Waals surface area contributed by atoms with E-state index in [1.165, 1.54) is 18.2 Å². The monoisotopic (exact) mass is 524 g/mol. The van der Waals surface area contributed by atoms with E-state index in [0.29, 0.717) is 22.1 Å². The molecule has 0 aliphatic rings. The number of anilines is 1. The molecule has 0 atom stereocenters. The van der Waals surface area contributed by atoms with Gasteiger partial charge in [-0.2, -0.15) is 4.31 Å². The van der Waals surface area contributed by atoms with Gasteiger partial charge in [-0.1, -0.05) is 60.1 Å². The number of ether oxygens (including phenoxy) is 1. The summed E-state index contributed by atoms with van der Waals surface area (Å²) in [5.74, 6) is -0.264. The van der Waals surface area contributed by atoms with Crippen molar-refractivity contribution in [2.75, 3.05) is 11.9 Å². The van der Waals surface area contributed by atoms with Gasteiger partial charge >= 0.3 is 0 Å². The van der Waals surface area contributed by atoms with Gasteiger partial charge in [-0.25, -0.2) is 12.8 Å². The number of nitrogens with one attached hydrogen (secondary N) is 1. The lowest BCUT2D eigenvalue weighted by Crippen LogP contribution is -2.37. The molecule has 0 heterocycles. The molecule has 6 nitrogen and oxygen atoms in total. The Bertz CT molecular complexity index is 1430. The van der Waals surface area contributed by atoms with Crippen molar-refractivity contribution in [2.24, 2.45) is 0 Å². The molecular weight excluding hydrogens is 503 g/mol. The summed E-state index contributed by atoms with van der Waals surface area (Å²) in [6, 6.07) is 27.1. The van der Waals surface area contributed by atoms with Crippen LogP contribution in [0.3, 0.4) is 0 Å². The maximum atomic E-state index is 13.4. The lowest BCUT2D eigenvalue weighted by atomic mass is 10.2. The van der Waals surface area contributed by atoms with Gasteiger partial charge in [-0.3, -0.25) is 4.79 Å². The number of sulfonamides is 1. The number of carbonyl (C=O) groups is 1. The lowest BCUT2D eigenvalue weighted by molar-refractivity contribution is -0.116. The van der Waals surface area contributed by atoms with E-state index in [-0.39, 0.29) is 17.1 Å². The number of hydrogen-bond donors (Lipinski definition) is 1. The SMILES string of the molecule is O=C(CN(Cc1ccccc1)S(=O)(=O)c1ccc(F)cc1)Nc1cc(Cl)ccc1Oc1ccccc1. The smallest absolute Gasteiger partial charge is 0.243 e. The summed E-state index contributed by atoms with van der Waals surface area (Å²) in [6.45, 7) is -0.553. The van der Waals surface area contributed by atoms with Gasteiger partial charge in [0.1, 0.15) is 11.6 Å². The van der Waals surface area contributed by atoms with Crippen LogP contribution in [0.4, 0.5) is 10.1 Å². The van der Waals surface area contributed by atoms with E-state index < -0.39 is 28.3 Å². The van der Waals surface area contributed by atoms with Gasteiger partial charge in [0.2, 0.25) is 15.9 Å². The highest BCUT2D eigenvalue weighted by molar-refractivity contribution is 7.89. The van der Waals surface area contributed by atoms with Crippen molar-refractivity contribution in [3.8, 4) is 11.5 Å². The largest absolute Gasteiger partial charge is 0.455 e. The number of carbonyl (C=O) groups excluding carboxylic acids is 1. The third-order valence-electron chi connectivity index (χ3n) is 5.16. The molecule has 4 aromatic rings. The number of halogens is 2. The highest BCUT2D eigenvalue weighted by Crippen LogP contribution is 2.32. The van der Waals surface area contributed by atoms with Crippen LogP contribution < -0.4 is 10.1 Å². The predicted octanol–water partition coefficient (Wildman–Crippen LogP) is 6.10. The summed E-state index contributed by atoms with van der Waals surface area (Å²) < 4.78 is 47.1. The van der Waals surface area contributed by atoms with Crippen molar-refractivity contribution in [1.82, 2.24) is 4.31 Å². The Morgan fingerprint density at radius 1 is 0.889 bits per heavy atom. The number of benzene rings is 4. The molecule has 1 N–H and O–H groups in total. The van der Waals surface area contributed by atoms with Crippen LogP contribution in [0.1, 0.15) is 5.56 Å². The molecule has 4 rings (SSSR count). The molecule has 184 valence electrons. The predicted molar refractivity (Wildman–Crippen MR) is 137 cm³/mol. The number of amides is 1. The van der Waals surface area contributed by atoms with Gasteiger partial charge in [0.25, 0.3) is 0 Å². The maximum absolute atomic E-state index is 13.4. The summed E-state index contributed by atoms with van der Waals surface area (Å²) in [5, 5.41) is 3.07. The van der Waals surface area contributed by atoms with E-state index in [9.17, 15) is 17.6 Å². The normalized spacial score (nSPS) is 11.3. The average Bonchev–Trinajstić information content (AvgIpc) is 2.87. The molecule has 0 aliphatic carbocycles. The fraction of sp³-hybridized carbons (Fsp3) is 0.0741. The molecule has 0 saturated heterocycles. The van der Waals surface area contributed by atoms with Gasteiger partial charge in [0.15, 0.2) is 5.75 Å². The van der Waals surface area contributed by atoms with Crippen LogP contribution >= 0.6 is 11.6 Å². The summed E-state index contributed by atoms with van der Waals surface area (Å²) >= 11 is 6.14. The Labute approximate surface area is 214 Å². The maximum Gasteiger partial charge on any atom is 0.243 e. The molecule has 1 amide bonds. The molecule has 36 heavy (non-hydrogen) atoms. The van der Waals surface area contributed by atoms with Gasteiger partial charge in [0, 0.05) is 11.6 Å². The number of rotatable bonds is 9. The zero-order valence-electron chi connectivity index (χ0n) is 19.0. The van der Waals surface area contributed by atoms with Crippen LogP contribution in [0.15, 0.2) is 108 Å². The molecular formula is C27H22ClFN2O4S. The zero-order chi connectivity index (χ0) is 25.5. The van der Waals surface area contributed by atoms with Crippen LogP contribution in [-0.2, 0) is 21.4 Å². The molecule has 4 aromatic carbocycles. The molecule has 0 unspecified atom stereocenters. The minimum atomic E-state index is -4.12. The van der Waals surface area contributed by atoms with E-state index in [4.69, 9.17) is 16.3 Å². The van der Waals surface area contributed by atoms with Gasteiger partial charge in [-0.15, -0.1) is 0 Å². The Kier molecular flexibility index (Phi) is 8.00. The molecule has 0 saturated carbocycles. The topological polar surface area (TPSA) is 75.7 Å². The summed E-state index contributed by atoms with van der Waals surface area (Å²) in [7, 11) is -4.12. The molecule has 0 fully saturated rings. The Morgan fingerprint density at radius 2 is 1.53 bits per heavy atom. The van der Waals surface area contributed by atoms with Crippen LogP contribution in [0, 0.1) is 5.82 Å². The van der Waals surface area contributed by atoms with Crippen LogP contribution in [-0.4, -0.2) is 25.2 Å². The van der Waals surface area contributed by atoms with E-state index in [1.54, 1.807) is 48.5 Å². The summed E-state index contributed by atoms with van der Waals surface area (Å²) in [6.07, 6.45) is 0. The fourth-order valence-electron chi connectivity index (χ4n) is 3.42. The molecule has 0 radical (unpaired) electrons. The Balaban J connectivity index is 1.59. The zero-order valence-corrected chi connectivity index (χ0v) is 20.5. The minimum absolute atomic E-state index is 0.0586. The lowest BCUT2D eigenvalue weighted by Gasteiger charge is -2.22. The van der Waals surface area contributed by atoms with E-state index >= 15 is 0 Å². The molecule has 0 aromatic heterocycles. The second kappa shape index (κ2) is 11.3. The van der Waals surface area contributed by atoms with Crippen molar-refractivity contribution >= 4 is 33.2 Å². The minimum Gasteiger partial charge on any atom is -0.455 e.